The Morgan fingerprint density at radius 1 is 1.09 bits per heavy atom. The van der Waals surface area contributed by atoms with E-state index in [4.69, 9.17) is 42.1 Å². The van der Waals surface area contributed by atoms with Gasteiger partial charge in [0, 0.05) is 25.2 Å². The van der Waals surface area contributed by atoms with E-state index in [2.05, 4.69) is 15.2 Å². The van der Waals surface area contributed by atoms with Gasteiger partial charge in [-0.05, 0) is 26.0 Å². The highest BCUT2D eigenvalue weighted by molar-refractivity contribution is 6.34. The first-order valence-corrected chi connectivity index (χ1v) is 11.2. The van der Waals surface area contributed by atoms with E-state index in [9.17, 15) is 9.59 Å². The van der Waals surface area contributed by atoms with E-state index in [1.807, 2.05) is 19.9 Å². The van der Waals surface area contributed by atoms with Crippen molar-refractivity contribution in [1.29, 1.82) is 0 Å². The monoisotopic (exact) mass is 497 g/mol. The van der Waals surface area contributed by atoms with Crippen molar-refractivity contribution in [2.24, 2.45) is 0 Å². The van der Waals surface area contributed by atoms with Gasteiger partial charge in [-0.2, -0.15) is 0 Å². The normalized spacial score (nSPS) is 13.4. The number of rotatable bonds is 9. The number of hydrogen-bond acceptors (Lipinski definition) is 8. The van der Waals surface area contributed by atoms with Crippen LogP contribution in [-0.4, -0.2) is 63.0 Å². The third-order valence-electron chi connectivity index (χ3n) is 4.63. The fraction of sp³-hybridized carbons (Fsp3) is 0.409. The number of hydrogen-bond donors (Lipinski definition) is 1. The molecule has 0 spiro atoms. The third-order valence-corrected chi connectivity index (χ3v) is 5.14. The van der Waals surface area contributed by atoms with Crippen LogP contribution in [0.15, 0.2) is 24.3 Å². The second kappa shape index (κ2) is 11.9. The summed E-state index contributed by atoms with van der Waals surface area (Å²) in [5.74, 6) is -0.351. The summed E-state index contributed by atoms with van der Waals surface area (Å²) in [5, 5.41) is 2.87. The molecule has 3 rings (SSSR count). The number of aromatic nitrogens is 1. The second-order valence-electron chi connectivity index (χ2n) is 6.87. The Morgan fingerprint density at radius 3 is 2.48 bits per heavy atom. The molecule has 0 unspecified atom stereocenters. The van der Waals surface area contributed by atoms with Crippen molar-refractivity contribution in [1.82, 2.24) is 4.98 Å². The molecule has 0 saturated carbocycles. The molecule has 1 aliphatic rings. The van der Waals surface area contributed by atoms with Crippen LogP contribution in [0.3, 0.4) is 0 Å². The molecule has 178 valence electrons. The van der Waals surface area contributed by atoms with Crippen molar-refractivity contribution in [3.05, 3.63) is 40.1 Å². The third kappa shape index (κ3) is 6.63. The average molecular weight is 498 g/mol. The molecule has 2 heterocycles. The lowest BCUT2D eigenvalue weighted by Gasteiger charge is -2.31. The Labute approximate surface area is 201 Å². The number of ether oxygens (including phenoxy) is 4. The first-order valence-electron chi connectivity index (χ1n) is 10.5. The molecule has 0 bridgehead atoms. The van der Waals surface area contributed by atoms with Crippen LogP contribution >= 0.6 is 23.2 Å². The Morgan fingerprint density at radius 2 is 1.79 bits per heavy atom. The van der Waals surface area contributed by atoms with Crippen LogP contribution in [0.5, 0.6) is 11.5 Å². The van der Waals surface area contributed by atoms with E-state index in [-0.39, 0.29) is 15.9 Å². The number of carbonyl (C=O) groups excluding carboxylic acids is 2. The molecule has 1 aromatic heterocycles. The van der Waals surface area contributed by atoms with Crippen molar-refractivity contribution in [2.45, 2.75) is 13.8 Å². The summed E-state index contributed by atoms with van der Waals surface area (Å²) >= 11 is 11.7. The molecular formula is C22H25Cl2N3O6. The largest absolute Gasteiger partial charge is 0.492 e. The minimum Gasteiger partial charge on any atom is -0.492 e. The molecule has 1 fully saturated rings. The number of amides is 1. The predicted molar refractivity (Wildman–Crippen MR) is 125 cm³/mol. The Hall–Kier alpha value is -2.75. The zero-order valence-corrected chi connectivity index (χ0v) is 19.9. The van der Waals surface area contributed by atoms with Gasteiger partial charge in [0.1, 0.15) is 16.7 Å². The van der Waals surface area contributed by atoms with Gasteiger partial charge in [0.2, 0.25) is 0 Å². The predicted octanol–water partition coefficient (Wildman–Crippen LogP) is 3.82. The fourth-order valence-corrected chi connectivity index (χ4v) is 3.52. The molecule has 2 aromatic rings. The van der Waals surface area contributed by atoms with Crippen LogP contribution in [0.4, 0.5) is 11.4 Å². The van der Waals surface area contributed by atoms with Gasteiger partial charge in [-0.15, -0.1) is 0 Å². The molecule has 0 atom stereocenters. The van der Waals surface area contributed by atoms with Crippen LogP contribution in [0.1, 0.15) is 24.3 Å². The molecule has 1 N–H and O–H groups in total. The fourth-order valence-electron chi connectivity index (χ4n) is 3.19. The van der Waals surface area contributed by atoms with Gasteiger partial charge in [-0.1, -0.05) is 23.2 Å². The van der Waals surface area contributed by atoms with Gasteiger partial charge in [-0.3, -0.25) is 4.79 Å². The van der Waals surface area contributed by atoms with E-state index in [0.29, 0.717) is 56.7 Å². The van der Waals surface area contributed by atoms with E-state index < -0.39 is 18.5 Å². The molecule has 11 heteroatoms. The molecule has 0 aliphatic carbocycles. The lowest BCUT2D eigenvalue weighted by atomic mass is 10.2. The maximum Gasteiger partial charge on any atom is 0.359 e. The average Bonchev–Trinajstić information content (AvgIpc) is 2.81. The quantitative estimate of drug-likeness (QED) is 0.412. The van der Waals surface area contributed by atoms with Crippen molar-refractivity contribution in [3.8, 4) is 11.5 Å². The highest BCUT2D eigenvalue weighted by Crippen LogP contribution is 2.39. The number of esters is 1. The van der Waals surface area contributed by atoms with Crippen molar-refractivity contribution >= 4 is 46.5 Å². The number of benzene rings is 1. The highest BCUT2D eigenvalue weighted by Gasteiger charge is 2.21. The smallest absolute Gasteiger partial charge is 0.359 e. The Bertz CT molecular complexity index is 998. The van der Waals surface area contributed by atoms with Crippen LogP contribution in [0.25, 0.3) is 0 Å². The second-order valence-corrected chi connectivity index (χ2v) is 7.66. The van der Waals surface area contributed by atoms with Gasteiger partial charge < -0.3 is 29.2 Å². The number of halogens is 2. The first kappa shape index (κ1) is 24.9. The van der Waals surface area contributed by atoms with Gasteiger partial charge in [0.25, 0.3) is 5.91 Å². The first-order chi connectivity index (χ1) is 15.9. The zero-order valence-electron chi connectivity index (χ0n) is 18.4. The maximum absolute atomic E-state index is 12.5. The minimum absolute atomic E-state index is 0.0727. The lowest BCUT2D eigenvalue weighted by Crippen LogP contribution is -2.36. The summed E-state index contributed by atoms with van der Waals surface area (Å²) in [6.07, 6.45) is 0. The molecule has 1 aromatic carbocycles. The Balaban J connectivity index is 1.75. The summed E-state index contributed by atoms with van der Waals surface area (Å²) < 4.78 is 22.0. The van der Waals surface area contributed by atoms with Crippen molar-refractivity contribution in [3.63, 3.8) is 0 Å². The summed E-state index contributed by atoms with van der Waals surface area (Å²) in [7, 11) is 0. The number of morpholine rings is 1. The maximum atomic E-state index is 12.5. The summed E-state index contributed by atoms with van der Waals surface area (Å²) in [6, 6.07) is 6.40. The van der Waals surface area contributed by atoms with E-state index >= 15 is 0 Å². The minimum atomic E-state index is -0.861. The molecule has 9 nitrogen and oxygen atoms in total. The van der Waals surface area contributed by atoms with E-state index in [1.54, 1.807) is 6.07 Å². The van der Waals surface area contributed by atoms with Crippen molar-refractivity contribution < 1.29 is 28.5 Å². The molecule has 1 aliphatic heterocycles. The van der Waals surface area contributed by atoms with E-state index in [1.165, 1.54) is 12.1 Å². The van der Waals surface area contributed by atoms with Crippen LogP contribution in [0, 0.1) is 0 Å². The highest BCUT2D eigenvalue weighted by atomic mass is 35.5. The van der Waals surface area contributed by atoms with Gasteiger partial charge in [0.05, 0.1) is 42.8 Å². The van der Waals surface area contributed by atoms with E-state index in [0.717, 1.165) is 5.69 Å². The van der Waals surface area contributed by atoms with Crippen LogP contribution in [0.2, 0.25) is 10.2 Å². The van der Waals surface area contributed by atoms with Gasteiger partial charge in [0.15, 0.2) is 12.3 Å². The number of carbonyl (C=O) groups is 2. The number of nitrogens with zero attached hydrogens (tertiary/aromatic N) is 2. The lowest BCUT2D eigenvalue weighted by molar-refractivity contribution is -0.119. The van der Waals surface area contributed by atoms with Crippen molar-refractivity contribution in [2.75, 3.05) is 56.3 Å². The number of pyridine rings is 1. The molecule has 1 amide bonds. The molecule has 1 saturated heterocycles. The standard InChI is InChI=1S/C22H25Cl2N3O6/c1-3-31-17-12-16(27-7-9-30-10-8-27)18(32-4-2)11-15(17)25-20(28)13-33-22(29)21-14(23)5-6-19(24)26-21/h5-6,11-12H,3-4,7-10,13H2,1-2H3,(H,25,28). The number of nitrogens with one attached hydrogen (secondary N) is 1. The number of anilines is 2. The Kier molecular flexibility index (Phi) is 8.99. The van der Waals surface area contributed by atoms with Crippen LogP contribution in [-0.2, 0) is 14.3 Å². The summed E-state index contributed by atoms with van der Waals surface area (Å²) in [5.41, 5.74) is 1.09. The molecule has 0 radical (unpaired) electrons. The molecular weight excluding hydrogens is 473 g/mol. The van der Waals surface area contributed by atoms with Crippen LogP contribution < -0.4 is 19.7 Å². The summed E-state index contributed by atoms with van der Waals surface area (Å²) in [6.45, 7) is 6.68. The summed E-state index contributed by atoms with van der Waals surface area (Å²) in [4.78, 5) is 30.7. The molecule has 33 heavy (non-hydrogen) atoms. The van der Waals surface area contributed by atoms with Gasteiger partial charge >= 0.3 is 5.97 Å². The SMILES string of the molecule is CCOc1cc(N2CCOCC2)c(OCC)cc1NC(=O)COC(=O)c1nc(Cl)ccc1Cl. The van der Waals surface area contributed by atoms with Gasteiger partial charge in [-0.25, -0.2) is 9.78 Å². The topological polar surface area (TPSA) is 99.2 Å². The zero-order chi connectivity index (χ0) is 23.8.